The summed E-state index contributed by atoms with van der Waals surface area (Å²) in [6.45, 7) is 7.05. The number of nitrogens with one attached hydrogen (secondary N) is 1. The minimum absolute atomic E-state index is 0.486. The van der Waals surface area contributed by atoms with Gasteiger partial charge >= 0.3 is 0 Å². The highest BCUT2D eigenvalue weighted by atomic mass is 16.7. The SMILES string of the molecule is CC(C)N1CCCC(NOC2CCCC2)CC1. The lowest BCUT2D eigenvalue weighted by atomic mass is 10.1. The third-order valence-electron chi connectivity index (χ3n) is 4.20. The van der Waals surface area contributed by atoms with Crippen LogP contribution in [0.25, 0.3) is 0 Å². The van der Waals surface area contributed by atoms with Crippen molar-refractivity contribution < 1.29 is 4.84 Å². The van der Waals surface area contributed by atoms with Crippen LogP contribution < -0.4 is 5.48 Å². The fourth-order valence-corrected chi connectivity index (χ4v) is 2.95. The molecule has 2 rings (SSSR count). The van der Waals surface area contributed by atoms with Crippen molar-refractivity contribution in [3.05, 3.63) is 0 Å². The quantitative estimate of drug-likeness (QED) is 0.765. The summed E-state index contributed by atoms with van der Waals surface area (Å²) < 4.78 is 0. The fourth-order valence-electron chi connectivity index (χ4n) is 2.95. The third kappa shape index (κ3) is 4.23. The van der Waals surface area contributed by atoms with Crippen LogP contribution in [0.3, 0.4) is 0 Å². The van der Waals surface area contributed by atoms with Gasteiger partial charge in [0, 0.05) is 12.1 Å². The van der Waals surface area contributed by atoms with Crippen molar-refractivity contribution in [2.75, 3.05) is 13.1 Å². The zero-order chi connectivity index (χ0) is 12.1. The number of rotatable bonds is 4. The van der Waals surface area contributed by atoms with E-state index in [4.69, 9.17) is 4.84 Å². The van der Waals surface area contributed by atoms with Crippen LogP contribution in [-0.4, -0.2) is 36.2 Å². The zero-order valence-corrected chi connectivity index (χ0v) is 11.5. The predicted octanol–water partition coefficient (Wildman–Crippen LogP) is 2.71. The van der Waals surface area contributed by atoms with E-state index in [1.165, 1.54) is 58.0 Å². The maximum Gasteiger partial charge on any atom is 0.0790 e. The Morgan fingerprint density at radius 1 is 1.00 bits per heavy atom. The molecule has 1 saturated heterocycles. The molecule has 3 nitrogen and oxygen atoms in total. The Labute approximate surface area is 106 Å². The van der Waals surface area contributed by atoms with Crippen LogP contribution >= 0.6 is 0 Å². The highest BCUT2D eigenvalue weighted by Crippen LogP contribution is 2.21. The molecule has 1 atom stereocenters. The van der Waals surface area contributed by atoms with E-state index in [1.54, 1.807) is 0 Å². The molecule has 1 aliphatic heterocycles. The second-order valence-electron chi connectivity index (χ2n) is 5.90. The zero-order valence-electron chi connectivity index (χ0n) is 11.5. The Kier molecular flexibility index (Phi) is 5.26. The van der Waals surface area contributed by atoms with Crippen LogP contribution in [0, 0.1) is 0 Å². The van der Waals surface area contributed by atoms with Gasteiger partial charge in [-0.05, 0) is 59.0 Å². The van der Waals surface area contributed by atoms with Gasteiger partial charge in [0.1, 0.15) is 0 Å². The van der Waals surface area contributed by atoms with E-state index in [-0.39, 0.29) is 0 Å². The molecule has 1 aliphatic carbocycles. The highest BCUT2D eigenvalue weighted by molar-refractivity contribution is 4.75. The van der Waals surface area contributed by atoms with Crippen molar-refractivity contribution in [3.63, 3.8) is 0 Å². The van der Waals surface area contributed by atoms with E-state index in [0.29, 0.717) is 18.2 Å². The van der Waals surface area contributed by atoms with Crippen LogP contribution in [0.2, 0.25) is 0 Å². The molecule has 0 bridgehead atoms. The molecule has 3 heteroatoms. The normalized spacial score (nSPS) is 28.8. The van der Waals surface area contributed by atoms with Gasteiger partial charge in [-0.1, -0.05) is 12.8 Å². The first-order valence-electron chi connectivity index (χ1n) is 7.41. The Bertz CT molecular complexity index is 214. The molecule has 17 heavy (non-hydrogen) atoms. The first-order chi connectivity index (χ1) is 8.25. The standard InChI is InChI=1S/C14H28N2O/c1-12(2)16-10-5-6-13(9-11-16)15-17-14-7-3-4-8-14/h12-15H,3-11H2,1-2H3. The molecular weight excluding hydrogens is 212 g/mol. The molecule has 0 aromatic rings. The Balaban J connectivity index is 1.67. The largest absolute Gasteiger partial charge is 0.301 e. The van der Waals surface area contributed by atoms with Crippen LogP contribution in [0.5, 0.6) is 0 Å². The molecule has 1 unspecified atom stereocenters. The summed E-state index contributed by atoms with van der Waals surface area (Å²) in [5, 5.41) is 0. The Morgan fingerprint density at radius 2 is 1.76 bits per heavy atom. The molecule has 1 heterocycles. The van der Waals surface area contributed by atoms with Crippen LogP contribution in [0.1, 0.15) is 58.8 Å². The lowest BCUT2D eigenvalue weighted by Crippen LogP contribution is -2.35. The molecule has 0 spiro atoms. The minimum atomic E-state index is 0.486. The molecule has 100 valence electrons. The number of hydroxylamine groups is 1. The first-order valence-corrected chi connectivity index (χ1v) is 7.41. The van der Waals surface area contributed by atoms with Crippen molar-refractivity contribution in [1.29, 1.82) is 0 Å². The van der Waals surface area contributed by atoms with E-state index in [0.717, 1.165) is 0 Å². The van der Waals surface area contributed by atoms with E-state index >= 15 is 0 Å². The second-order valence-corrected chi connectivity index (χ2v) is 5.90. The Morgan fingerprint density at radius 3 is 2.47 bits per heavy atom. The van der Waals surface area contributed by atoms with Crippen molar-refractivity contribution in [2.45, 2.75) is 77.0 Å². The summed E-state index contributed by atoms with van der Waals surface area (Å²) >= 11 is 0. The third-order valence-corrected chi connectivity index (χ3v) is 4.20. The number of hydrogen-bond donors (Lipinski definition) is 1. The summed E-state index contributed by atoms with van der Waals surface area (Å²) in [6, 6.07) is 1.25. The molecule has 0 aromatic heterocycles. The van der Waals surface area contributed by atoms with Crippen molar-refractivity contribution in [2.24, 2.45) is 0 Å². The Hall–Kier alpha value is -0.120. The van der Waals surface area contributed by atoms with E-state index in [1.807, 2.05) is 0 Å². The smallest absolute Gasteiger partial charge is 0.0790 e. The van der Waals surface area contributed by atoms with Gasteiger partial charge in [0.25, 0.3) is 0 Å². The molecule has 0 radical (unpaired) electrons. The van der Waals surface area contributed by atoms with Gasteiger partial charge in [0.05, 0.1) is 6.10 Å². The van der Waals surface area contributed by atoms with Gasteiger partial charge in [0.15, 0.2) is 0 Å². The lowest BCUT2D eigenvalue weighted by molar-refractivity contribution is -0.0424. The maximum atomic E-state index is 5.83. The van der Waals surface area contributed by atoms with Crippen molar-refractivity contribution in [1.82, 2.24) is 10.4 Å². The van der Waals surface area contributed by atoms with Gasteiger partial charge in [0.2, 0.25) is 0 Å². The molecule has 0 aromatic carbocycles. The molecular formula is C14H28N2O. The van der Waals surface area contributed by atoms with Crippen LogP contribution in [-0.2, 0) is 4.84 Å². The average molecular weight is 240 g/mol. The van der Waals surface area contributed by atoms with E-state index in [2.05, 4.69) is 24.2 Å². The fraction of sp³-hybridized carbons (Fsp3) is 1.00. The van der Waals surface area contributed by atoms with Crippen LogP contribution in [0.15, 0.2) is 0 Å². The minimum Gasteiger partial charge on any atom is -0.301 e. The molecule has 2 aliphatic rings. The first kappa shape index (κ1) is 13.3. The van der Waals surface area contributed by atoms with Gasteiger partial charge in [-0.15, -0.1) is 0 Å². The topological polar surface area (TPSA) is 24.5 Å². The average Bonchev–Trinajstić information content (AvgIpc) is 2.70. The highest BCUT2D eigenvalue weighted by Gasteiger charge is 2.21. The number of hydrogen-bond acceptors (Lipinski definition) is 3. The van der Waals surface area contributed by atoms with Gasteiger partial charge in [-0.25, -0.2) is 0 Å². The predicted molar refractivity (Wildman–Crippen MR) is 70.8 cm³/mol. The van der Waals surface area contributed by atoms with Crippen molar-refractivity contribution in [3.8, 4) is 0 Å². The molecule has 2 fully saturated rings. The monoisotopic (exact) mass is 240 g/mol. The number of nitrogens with zero attached hydrogens (tertiary/aromatic N) is 1. The van der Waals surface area contributed by atoms with Gasteiger partial charge in [-0.3, -0.25) is 4.84 Å². The van der Waals surface area contributed by atoms with E-state index in [9.17, 15) is 0 Å². The summed E-state index contributed by atoms with van der Waals surface area (Å²) in [6.07, 6.45) is 9.45. The summed E-state index contributed by atoms with van der Waals surface area (Å²) in [7, 11) is 0. The molecule has 1 saturated carbocycles. The van der Waals surface area contributed by atoms with Crippen molar-refractivity contribution >= 4 is 0 Å². The summed E-state index contributed by atoms with van der Waals surface area (Å²) in [4.78, 5) is 8.41. The summed E-state index contributed by atoms with van der Waals surface area (Å²) in [5.74, 6) is 0. The van der Waals surface area contributed by atoms with E-state index < -0.39 is 0 Å². The summed E-state index contributed by atoms with van der Waals surface area (Å²) in [5.41, 5.74) is 3.34. The van der Waals surface area contributed by atoms with Crippen LogP contribution in [0.4, 0.5) is 0 Å². The van der Waals surface area contributed by atoms with Gasteiger partial charge < -0.3 is 4.90 Å². The van der Waals surface area contributed by atoms with Gasteiger partial charge in [-0.2, -0.15) is 5.48 Å². The second kappa shape index (κ2) is 6.72. The maximum absolute atomic E-state index is 5.83. The lowest BCUT2D eigenvalue weighted by Gasteiger charge is -2.24. The molecule has 0 amide bonds. The number of likely N-dealkylation sites (tertiary alicyclic amines) is 1. The molecule has 1 N–H and O–H groups in total.